The van der Waals surface area contributed by atoms with Gasteiger partial charge in [-0.1, -0.05) is 0 Å². The molecule has 0 atom stereocenters. The first-order valence-corrected chi connectivity index (χ1v) is 8.81. The van der Waals surface area contributed by atoms with Crippen LogP contribution in [0.2, 0.25) is 0 Å². The molecule has 7 heteroatoms. The summed E-state index contributed by atoms with van der Waals surface area (Å²) in [5.74, 6) is 0.739. The summed E-state index contributed by atoms with van der Waals surface area (Å²) in [6, 6.07) is 0. The van der Waals surface area contributed by atoms with Gasteiger partial charge in [0, 0.05) is 24.4 Å². The van der Waals surface area contributed by atoms with Crippen molar-refractivity contribution in [2.45, 2.75) is 39.0 Å². The van der Waals surface area contributed by atoms with Crippen LogP contribution in [0.1, 0.15) is 30.1 Å². The van der Waals surface area contributed by atoms with E-state index in [9.17, 15) is 4.79 Å². The largest absolute Gasteiger partial charge is 0.379 e. The molecule has 2 aromatic heterocycles. The number of nitrogens with zero attached hydrogens (tertiary/aromatic N) is 2. The number of hydrogen-bond acceptors (Lipinski definition) is 6. The zero-order valence-electron chi connectivity index (χ0n) is 13.5. The van der Waals surface area contributed by atoms with Gasteiger partial charge in [0.2, 0.25) is 0 Å². The molecule has 6 nitrogen and oxygen atoms in total. The molecule has 0 amide bonds. The molecule has 124 valence electrons. The van der Waals surface area contributed by atoms with Crippen LogP contribution < -0.4 is 5.56 Å². The fraction of sp³-hybridized carbons (Fsp3) is 0.625. The van der Waals surface area contributed by atoms with Gasteiger partial charge in [0.1, 0.15) is 10.7 Å². The molecule has 0 radical (unpaired) electrons. The Morgan fingerprint density at radius 1 is 1.35 bits per heavy atom. The molecule has 2 aliphatic heterocycles. The van der Waals surface area contributed by atoms with E-state index in [2.05, 4.69) is 23.7 Å². The highest BCUT2D eigenvalue weighted by atomic mass is 32.1. The van der Waals surface area contributed by atoms with Crippen LogP contribution in [-0.2, 0) is 29.0 Å². The van der Waals surface area contributed by atoms with Crippen molar-refractivity contribution in [1.82, 2.24) is 14.9 Å². The van der Waals surface area contributed by atoms with Crippen LogP contribution in [0.15, 0.2) is 4.79 Å². The number of nitrogens with one attached hydrogen (secondary N) is 1. The monoisotopic (exact) mass is 335 g/mol. The number of hydrogen-bond donors (Lipinski definition) is 1. The van der Waals surface area contributed by atoms with Crippen LogP contribution >= 0.6 is 11.3 Å². The average molecular weight is 335 g/mol. The van der Waals surface area contributed by atoms with Gasteiger partial charge in [0.05, 0.1) is 37.4 Å². The van der Waals surface area contributed by atoms with Crippen LogP contribution in [-0.4, -0.2) is 46.8 Å². The molecule has 0 bridgehead atoms. The van der Waals surface area contributed by atoms with E-state index in [0.29, 0.717) is 13.2 Å². The van der Waals surface area contributed by atoms with Gasteiger partial charge in [-0.25, -0.2) is 4.98 Å². The van der Waals surface area contributed by atoms with Crippen molar-refractivity contribution < 1.29 is 9.47 Å². The number of thiophene rings is 1. The van der Waals surface area contributed by atoms with Crippen molar-refractivity contribution in [2.24, 2.45) is 0 Å². The Kier molecular flexibility index (Phi) is 3.76. The summed E-state index contributed by atoms with van der Waals surface area (Å²) in [6.45, 7) is 8.61. The molecule has 0 aliphatic carbocycles. The lowest BCUT2D eigenvalue weighted by molar-refractivity contribution is -0.0379. The smallest absolute Gasteiger partial charge is 0.259 e. The van der Waals surface area contributed by atoms with E-state index in [4.69, 9.17) is 14.5 Å². The molecular formula is C16H21N3O3S. The van der Waals surface area contributed by atoms with Gasteiger partial charge in [-0.05, 0) is 19.4 Å². The zero-order chi connectivity index (χ0) is 16.0. The van der Waals surface area contributed by atoms with Gasteiger partial charge >= 0.3 is 0 Å². The second-order valence-electron chi connectivity index (χ2n) is 6.81. The second kappa shape index (κ2) is 5.66. The van der Waals surface area contributed by atoms with Gasteiger partial charge < -0.3 is 14.5 Å². The third-order valence-electron chi connectivity index (χ3n) is 4.47. The van der Waals surface area contributed by atoms with Gasteiger partial charge in [-0.3, -0.25) is 9.69 Å². The summed E-state index contributed by atoms with van der Waals surface area (Å²) in [6.07, 6.45) is 0.760. The molecule has 0 saturated carbocycles. The average Bonchev–Trinajstić information content (AvgIpc) is 2.85. The molecule has 1 N–H and O–H groups in total. The minimum absolute atomic E-state index is 0.0199. The Balaban J connectivity index is 1.70. The number of rotatable bonds is 2. The first kappa shape index (κ1) is 15.3. The number of morpholine rings is 1. The fourth-order valence-electron chi connectivity index (χ4n) is 3.24. The summed E-state index contributed by atoms with van der Waals surface area (Å²) < 4.78 is 11.2. The van der Waals surface area contributed by atoms with Crippen molar-refractivity contribution in [2.75, 3.05) is 26.3 Å². The first-order chi connectivity index (χ1) is 11.0. The number of fused-ring (bicyclic) bond motifs is 3. The summed E-state index contributed by atoms with van der Waals surface area (Å²) in [5.41, 5.74) is 0.876. The van der Waals surface area contributed by atoms with Gasteiger partial charge in [-0.2, -0.15) is 0 Å². The molecule has 4 rings (SSSR count). The van der Waals surface area contributed by atoms with Crippen LogP contribution in [0, 0.1) is 0 Å². The van der Waals surface area contributed by atoms with Gasteiger partial charge in [0.25, 0.3) is 5.56 Å². The highest BCUT2D eigenvalue weighted by Gasteiger charge is 2.30. The number of aromatic nitrogens is 2. The molecule has 2 aliphatic rings. The van der Waals surface area contributed by atoms with Crippen LogP contribution in [0.4, 0.5) is 0 Å². The van der Waals surface area contributed by atoms with Crippen LogP contribution in [0.5, 0.6) is 0 Å². The Bertz CT molecular complexity index is 790. The summed E-state index contributed by atoms with van der Waals surface area (Å²) in [4.78, 5) is 24.5. The van der Waals surface area contributed by atoms with Crippen molar-refractivity contribution in [3.63, 3.8) is 0 Å². The molecule has 0 aromatic carbocycles. The standard InChI is InChI=1S/C16H21N3O3S/c1-16(2)7-10-11(9-22-16)23-15-13(10)14(20)17-12(18-15)8-19-3-5-21-6-4-19/h3-9H2,1-2H3,(H,17,18,20). The Morgan fingerprint density at radius 2 is 2.13 bits per heavy atom. The highest BCUT2D eigenvalue weighted by Crippen LogP contribution is 2.36. The van der Waals surface area contributed by atoms with Crippen molar-refractivity contribution >= 4 is 21.6 Å². The Labute approximate surface area is 138 Å². The van der Waals surface area contributed by atoms with Crippen LogP contribution in [0.25, 0.3) is 10.2 Å². The van der Waals surface area contributed by atoms with E-state index >= 15 is 0 Å². The Morgan fingerprint density at radius 3 is 2.91 bits per heavy atom. The Hall–Kier alpha value is -1.28. The lowest BCUT2D eigenvalue weighted by atomic mass is 9.94. The van der Waals surface area contributed by atoms with Crippen molar-refractivity contribution in [3.8, 4) is 0 Å². The van der Waals surface area contributed by atoms with E-state index in [-0.39, 0.29) is 11.2 Å². The first-order valence-electron chi connectivity index (χ1n) is 7.99. The lowest BCUT2D eigenvalue weighted by Crippen LogP contribution is -2.36. The van der Waals surface area contributed by atoms with Crippen molar-refractivity contribution in [3.05, 3.63) is 26.6 Å². The van der Waals surface area contributed by atoms with E-state index in [0.717, 1.165) is 59.2 Å². The maximum Gasteiger partial charge on any atom is 0.259 e. The number of H-pyrrole nitrogens is 1. The zero-order valence-corrected chi connectivity index (χ0v) is 14.3. The molecule has 1 saturated heterocycles. The lowest BCUT2D eigenvalue weighted by Gasteiger charge is -2.29. The van der Waals surface area contributed by atoms with Gasteiger partial charge in [-0.15, -0.1) is 11.3 Å². The number of aromatic amines is 1. The normalized spacial score (nSPS) is 21.5. The third kappa shape index (κ3) is 2.94. The minimum atomic E-state index is -0.222. The summed E-state index contributed by atoms with van der Waals surface area (Å²) in [7, 11) is 0. The maximum atomic E-state index is 12.6. The summed E-state index contributed by atoms with van der Waals surface area (Å²) >= 11 is 1.59. The molecule has 1 fully saturated rings. The molecule has 0 unspecified atom stereocenters. The predicted molar refractivity (Wildman–Crippen MR) is 88.9 cm³/mol. The molecule has 4 heterocycles. The quantitative estimate of drug-likeness (QED) is 0.904. The van der Waals surface area contributed by atoms with Crippen molar-refractivity contribution in [1.29, 1.82) is 0 Å². The molecule has 23 heavy (non-hydrogen) atoms. The molecule has 2 aromatic rings. The van der Waals surface area contributed by atoms with E-state index < -0.39 is 0 Å². The van der Waals surface area contributed by atoms with Gasteiger partial charge in [0.15, 0.2) is 0 Å². The van der Waals surface area contributed by atoms with Crippen LogP contribution in [0.3, 0.4) is 0 Å². The highest BCUT2D eigenvalue weighted by molar-refractivity contribution is 7.18. The predicted octanol–water partition coefficient (Wildman–Crippen LogP) is 1.67. The number of ether oxygens (including phenoxy) is 2. The van der Waals surface area contributed by atoms with E-state index in [1.165, 1.54) is 0 Å². The third-order valence-corrected chi connectivity index (χ3v) is 5.57. The van der Waals surface area contributed by atoms with E-state index in [1.807, 2.05) is 0 Å². The fourth-order valence-corrected chi connectivity index (χ4v) is 4.36. The molecule has 0 spiro atoms. The minimum Gasteiger partial charge on any atom is -0.379 e. The van der Waals surface area contributed by atoms with E-state index in [1.54, 1.807) is 11.3 Å². The SMILES string of the molecule is CC1(C)Cc2c(sc3nc(CN4CCOCC4)[nH]c(=O)c23)CO1. The maximum absolute atomic E-state index is 12.6. The summed E-state index contributed by atoms with van der Waals surface area (Å²) in [5, 5.41) is 0.757. The molecular weight excluding hydrogens is 314 g/mol. The second-order valence-corrected chi connectivity index (χ2v) is 7.89. The topological polar surface area (TPSA) is 67.5 Å².